The molecule has 2 aromatic rings. The third-order valence-electron chi connectivity index (χ3n) is 2.53. The second-order valence-electron chi connectivity index (χ2n) is 5.30. The lowest BCUT2D eigenvalue weighted by molar-refractivity contribution is 0.373. The molecule has 0 saturated heterocycles. The van der Waals surface area contributed by atoms with Gasteiger partial charge in [0.05, 0.1) is 12.9 Å². The number of hydrogen-bond acceptors (Lipinski definition) is 6. The number of aromatic hydroxyl groups is 1. The van der Waals surface area contributed by atoms with Crippen molar-refractivity contribution >= 4 is 11.8 Å². The van der Waals surface area contributed by atoms with Gasteiger partial charge >= 0.3 is 0 Å². The summed E-state index contributed by atoms with van der Waals surface area (Å²) in [5, 5.41) is 13.5. The van der Waals surface area contributed by atoms with E-state index in [1.807, 2.05) is 0 Å². The summed E-state index contributed by atoms with van der Waals surface area (Å²) in [5.74, 6) is 2.24. The van der Waals surface area contributed by atoms with Crippen molar-refractivity contribution in [3.05, 3.63) is 24.0 Å². The Morgan fingerprint density at radius 3 is 2.75 bits per heavy atom. The largest absolute Gasteiger partial charge is 0.504 e. The monoisotopic (exact) mass is 294 g/mol. The first kappa shape index (κ1) is 14.7. The van der Waals surface area contributed by atoms with Gasteiger partial charge < -0.3 is 14.4 Å². The minimum Gasteiger partial charge on any atom is -0.504 e. The van der Waals surface area contributed by atoms with Gasteiger partial charge in [0.25, 0.3) is 5.89 Å². The topological polar surface area (TPSA) is 68.4 Å². The smallest absolute Gasteiger partial charge is 0.258 e. The number of aromatic nitrogens is 2. The molecule has 0 bridgehead atoms. The SMILES string of the molecule is COc1cc(-c2nc(CSC(C)(C)C)no2)ccc1O. The van der Waals surface area contributed by atoms with Crippen LogP contribution in [0.5, 0.6) is 11.5 Å². The predicted octanol–water partition coefficient (Wildman–Crippen LogP) is 3.48. The molecule has 6 heteroatoms. The van der Waals surface area contributed by atoms with E-state index in [1.165, 1.54) is 7.11 Å². The van der Waals surface area contributed by atoms with Crippen LogP contribution in [0.25, 0.3) is 11.5 Å². The molecule has 0 saturated carbocycles. The van der Waals surface area contributed by atoms with E-state index in [4.69, 9.17) is 9.26 Å². The second-order valence-corrected chi connectivity index (χ2v) is 7.11. The maximum Gasteiger partial charge on any atom is 0.258 e. The first-order valence-electron chi connectivity index (χ1n) is 6.23. The molecule has 1 heterocycles. The van der Waals surface area contributed by atoms with Crippen LogP contribution in [0.4, 0.5) is 0 Å². The van der Waals surface area contributed by atoms with E-state index in [0.717, 1.165) is 5.56 Å². The molecule has 0 radical (unpaired) electrons. The van der Waals surface area contributed by atoms with Crippen LogP contribution in [0.3, 0.4) is 0 Å². The lowest BCUT2D eigenvalue weighted by atomic mass is 10.2. The number of phenolic OH excluding ortho intramolecular Hbond substituents is 1. The van der Waals surface area contributed by atoms with Crippen LogP contribution in [-0.4, -0.2) is 27.1 Å². The first-order valence-corrected chi connectivity index (χ1v) is 7.21. The van der Waals surface area contributed by atoms with Crippen LogP contribution in [0.15, 0.2) is 22.7 Å². The molecular formula is C14H18N2O3S. The Labute approximate surface area is 122 Å². The van der Waals surface area contributed by atoms with Crippen molar-refractivity contribution in [2.45, 2.75) is 31.3 Å². The average Bonchev–Trinajstić information content (AvgIpc) is 2.85. The van der Waals surface area contributed by atoms with E-state index in [2.05, 4.69) is 30.9 Å². The standard InChI is InChI=1S/C14H18N2O3S/c1-14(2,3)20-8-12-15-13(19-16-12)9-5-6-10(17)11(7-9)18-4/h5-7,17H,8H2,1-4H3. The minimum absolute atomic E-state index is 0.0827. The summed E-state index contributed by atoms with van der Waals surface area (Å²) in [7, 11) is 1.50. The third kappa shape index (κ3) is 3.66. The zero-order valence-electron chi connectivity index (χ0n) is 12.0. The minimum atomic E-state index is 0.0827. The molecule has 0 spiro atoms. The van der Waals surface area contributed by atoms with Crippen molar-refractivity contribution in [3.63, 3.8) is 0 Å². The van der Waals surface area contributed by atoms with E-state index in [-0.39, 0.29) is 10.5 Å². The summed E-state index contributed by atoms with van der Waals surface area (Å²) in [5.41, 5.74) is 0.721. The lowest BCUT2D eigenvalue weighted by Crippen LogP contribution is -2.07. The Morgan fingerprint density at radius 1 is 1.35 bits per heavy atom. The summed E-state index contributed by atoms with van der Waals surface area (Å²) in [6, 6.07) is 4.93. The maximum absolute atomic E-state index is 9.57. The van der Waals surface area contributed by atoms with Gasteiger partial charge in [-0.2, -0.15) is 4.98 Å². The lowest BCUT2D eigenvalue weighted by Gasteiger charge is -2.15. The predicted molar refractivity (Wildman–Crippen MR) is 79.0 cm³/mol. The molecule has 20 heavy (non-hydrogen) atoms. The number of benzene rings is 1. The molecule has 0 fully saturated rings. The van der Waals surface area contributed by atoms with E-state index in [1.54, 1.807) is 30.0 Å². The highest BCUT2D eigenvalue weighted by atomic mass is 32.2. The van der Waals surface area contributed by atoms with Gasteiger partial charge in [0.15, 0.2) is 17.3 Å². The molecule has 0 atom stereocenters. The van der Waals surface area contributed by atoms with Crippen LogP contribution in [-0.2, 0) is 5.75 Å². The van der Waals surface area contributed by atoms with Gasteiger partial charge in [0.2, 0.25) is 0 Å². The van der Waals surface area contributed by atoms with Crippen LogP contribution in [0.2, 0.25) is 0 Å². The van der Waals surface area contributed by atoms with Crippen LogP contribution >= 0.6 is 11.8 Å². The molecule has 5 nitrogen and oxygen atoms in total. The second kappa shape index (κ2) is 5.75. The van der Waals surface area contributed by atoms with Gasteiger partial charge in [0.1, 0.15) is 0 Å². The molecule has 0 aliphatic rings. The summed E-state index contributed by atoms with van der Waals surface area (Å²) in [4.78, 5) is 4.35. The Morgan fingerprint density at radius 2 is 2.10 bits per heavy atom. The fourth-order valence-corrected chi connectivity index (χ4v) is 2.20. The number of rotatable bonds is 4. The Balaban J connectivity index is 2.16. The normalized spacial score (nSPS) is 11.6. The molecule has 0 amide bonds. The highest BCUT2D eigenvalue weighted by molar-refractivity contribution is 7.99. The van der Waals surface area contributed by atoms with Gasteiger partial charge in [-0.25, -0.2) is 0 Å². The maximum atomic E-state index is 9.57. The number of methoxy groups -OCH3 is 1. The average molecular weight is 294 g/mol. The zero-order valence-corrected chi connectivity index (χ0v) is 12.8. The van der Waals surface area contributed by atoms with Gasteiger partial charge in [-0.05, 0) is 18.2 Å². The molecule has 0 unspecified atom stereocenters. The van der Waals surface area contributed by atoms with Gasteiger partial charge in [-0.1, -0.05) is 25.9 Å². The molecule has 1 aromatic heterocycles. The summed E-state index contributed by atoms with van der Waals surface area (Å²) < 4.78 is 10.5. The summed E-state index contributed by atoms with van der Waals surface area (Å²) in [6.45, 7) is 6.43. The molecular weight excluding hydrogens is 276 g/mol. The van der Waals surface area contributed by atoms with Crippen molar-refractivity contribution in [2.24, 2.45) is 0 Å². The number of ether oxygens (including phenoxy) is 1. The Kier molecular flexibility index (Phi) is 4.23. The van der Waals surface area contributed by atoms with Crippen LogP contribution in [0, 0.1) is 0 Å². The number of thioether (sulfide) groups is 1. The van der Waals surface area contributed by atoms with E-state index in [9.17, 15) is 5.11 Å². The molecule has 2 rings (SSSR count). The number of hydrogen-bond donors (Lipinski definition) is 1. The summed E-state index contributed by atoms with van der Waals surface area (Å²) in [6.07, 6.45) is 0. The fourth-order valence-electron chi connectivity index (χ4n) is 1.52. The van der Waals surface area contributed by atoms with Crippen molar-refractivity contribution in [3.8, 4) is 23.0 Å². The summed E-state index contributed by atoms with van der Waals surface area (Å²) >= 11 is 1.76. The quantitative estimate of drug-likeness (QED) is 0.931. The third-order valence-corrected chi connectivity index (χ3v) is 3.80. The number of phenols is 1. The molecule has 1 N–H and O–H groups in total. The van der Waals surface area contributed by atoms with Gasteiger partial charge in [-0.3, -0.25) is 0 Å². The van der Waals surface area contributed by atoms with Crippen molar-refractivity contribution in [1.29, 1.82) is 0 Å². The molecule has 1 aromatic carbocycles. The van der Waals surface area contributed by atoms with Crippen molar-refractivity contribution in [1.82, 2.24) is 10.1 Å². The molecule has 0 aliphatic heterocycles. The Bertz CT molecular complexity index is 590. The highest BCUT2D eigenvalue weighted by Crippen LogP contribution is 2.31. The van der Waals surface area contributed by atoms with Crippen molar-refractivity contribution in [2.75, 3.05) is 7.11 Å². The molecule has 108 valence electrons. The van der Waals surface area contributed by atoms with Crippen molar-refractivity contribution < 1.29 is 14.4 Å². The Hall–Kier alpha value is -1.69. The van der Waals surface area contributed by atoms with E-state index < -0.39 is 0 Å². The molecule has 0 aliphatic carbocycles. The zero-order chi connectivity index (χ0) is 14.8. The van der Waals surface area contributed by atoms with E-state index >= 15 is 0 Å². The van der Waals surface area contributed by atoms with E-state index in [0.29, 0.717) is 23.2 Å². The number of nitrogens with zero attached hydrogens (tertiary/aromatic N) is 2. The first-order chi connectivity index (χ1) is 9.39. The highest BCUT2D eigenvalue weighted by Gasteiger charge is 2.15. The fraction of sp³-hybridized carbons (Fsp3) is 0.429. The van der Waals surface area contributed by atoms with Gasteiger partial charge in [0, 0.05) is 10.3 Å². The van der Waals surface area contributed by atoms with Gasteiger partial charge in [-0.15, -0.1) is 11.8 Å². The van der Waals surface area contributed by atoms with Crippen LogP contribution in [0.1, 0.15) is 26.6 Å². The van der Waals surface area contributed by atoms with Crippen LogP contribution < -0.4 is 4.74 Å².